The number of hydrogen-bond acceptors (Lipinski definition) is 5. The molecule has 0 unspecified atom stereocenters. The van der Waals surface area contributed by atoms with Crippen LogP contribution in [-0.2, 0) is 0 Å². The summed E-state index contributed by atoms with van der Waals surface area (Å²) in [6, 6.07) is 6.79. The van der Waals surface area contributed by atoms with Gasteiger partial charge in [0.2, 0.25) is 5.88 Å². The number of hydrogen-bond donors (Lipinski definition) is 1. The lowest BCUT2D eigenvalue weighted by Crippen LogP contribution is -2.45. The van der Waals surface area contributed by atoms with Crippen molar-refractivity contribution in [3.05, 3.63) is 52.1 Å². The minimum atomic E-state index is -0.370. The van der Waals surface area contributed by atoms with Crippen molar-refractivity contribution in [3.8, 4) is 5.88 Å². The molecule has 0 aromatic carbocycles. The van der Waals surface area contributed by atoms with Crippen molar-refractivity contribution in [1.82, 2.24) is 20.1 Å². The number of aromatic nitrogens is 3. The number of H-pyrrole nitrogens is 1. The molecule has 7 nitrogen and oxygen atoms in total. The fraction of sp³-hybridized carbons (Fsp3) is 0.375. The normalized spacial score (nSPS) is 17.8. The molecule has 120 valence electrons. The summed E-state index contributed by atoms with van der Waals surface area (Å²) in [5, 5.41) is 7.94. The molecule has 1 aliphatic heterocycles. The molecule has 3 rings (SSSR count). The molecule has 1 amide bonds. The Morgan fingerprint density at radius 2 is 2.22 bits per heavy atom. The first kappa shape index (κ1) is 15.2. The summed E-state index contributed by atoms with van der Waals surface area (Å²) >= 11 is 0. The van der Waals surface area contributed by atoms with Gasteiger partial charge in [-0.15, -0.1) is 5.10 Å². The average molecular weight is 314 g/mol. The molecule has 23 heavy (non-hydrogen) atoms. The van der Waals surface area contributed by atoms with Crippen LogP contribution < -0.4 is 10.3 Å². The van der Waals surface area contributed by atoms with E-state index in [4.69, 9.17) is 4.74 Å². The number of nitrogens with one attached hydrogen (secondary N) is 1. The van der Waals surface area contributed by atoms with Crippen LogP contribution in [0.25, 0.3) is 0 Å². The highest BCUT2D eigenvalue weighted by Gasteiger charge is 2.27. The Kier molecular flexibility index (Phi) is 4.36. The number of aryl methyl sites for hydroxylation is 1. The number of likely N-dealkylation sites (tertiary alicyclic amines) is 1. The second-order valence-electron chi connectivity index (χ2n) is 5.56. The lowest BCUT2D eigenvalue weighted by atomic mass is 10.1. The van der Waals surface area contributed by atoms with Crippen molar-refractivity contribution in [2.24, 2.45) is 0 Å². The SMILES string of the molecule is Cc1ccc(O[C@@H]2CCCN(C(=O)c3ccc[nH]c3=O)C2)nn1. The third-order valence-electron chi connectivity index (χ3n) is 3.77. The number of aromatic amines is 1. The van der Waals surface area contributed by atoms with Gasteiger partial charge in [0.25, 0.3) is 11.5 Å². The van der Waals surface area contributed by atoms with Crippen LogP contribution in [0.4, 0.5) is 0 Å². The van der Waals surface area contributed by atoms with Gasteiger partial charge >= 0.3 is 0 Å². The first-order valence-electron chi connectivity index (χ1n) is 7.57. The van der Waals surface area contributed by atoms with Crippen LogP contribution in [0.2, 0.25) is 0 Å². The van der Waals surface area contributed by atoms with Gasteiger partial charge < -0.3 is 14.6 Å². The fourth-order valence-corrected chi connectivity index (χ4v) is 2.60. The van der Waals surface area contributed by atoms with E-state index in [2.05, 4.69) is 15.2 Å². The largest absolute Gasteiger partial charge is 0.471 e. The summed E-state index contributed by atoms with van der Waals surface area (Å²) in [4.78, 5) is 28.4. The number of ether oxygens (including phenoxy) is 1. The van der Waals surface area contributed by atoms with Crippen molar-refractivity contribution in [2.45, 2.75) is 25.9 Å². The molecule has 7 heteroatoms. The molecule has 1 fully saturated rings. The maximum Gasteiger partial charge on any atom is 0.260 e. The van der Waals surface area contributed by atoms with Gasteiger partial charge in [-0.05, 0) is 38.0 Å². The minimum absolute atomic E-state index is 0.146. The Morgan fingerprint density at radius 1 is 1.35 bits per heavy atom. The zero-order valence-electron chi connectivity index (χ0n) is 12.9. The van der Waals surface area contributed by atoms with E-state index in [0.717, 1.165) is 18.5 Å². The van der Waals surface area contributed by atoms with E-state index in [9.17, 15) is 9.59 Å². The van der Waals surface area contributed by atoms with E-state index >= 15 is 0 Å². The fourth-order valence-electron chi connectivity index (χ4n) is 2.60. The van der Waals surface area contributed by atoms with Crippen LogP contribution in [0.1, 0.15) is 28.9 Å². The molecule has 0 saturated carbocycles. The maximum absolute atomic E-state index is 12.5. The second-order valence-corrected chi connectivity index (χ2v) is 5.56. The van der Waals surface area contributed by atoms with E-state index in [1.807, 2.05) is 13.0 Å². The zero-order valence-corrected chi connectivity index (χ0v) is 12.9. The molecule has 0 aliphatic carbocycles. The molecule has 1 saturated heterocycles. The molecule has 1 N–H and O–H groups in total. The highest BCUT2D eigenvalue weighted by Crippen LogP contribution is 2.17. The van der Waals surface area contributed by atoms with E-state index in [-0.39, 0.29) is 23.1 Å². The molecular formula is C16H18N4O3. The Labute approximate surface area is 133 Å². The first-order valence-corrected chi connectivity index (χ1v) is 7.57. The van der Waals surface area contributed by atoms with Crippen LogP contribution in [0.15, 0.2) is 35.3 Å². The smallest absolute Gasteiger partial charge is 0.260 e. The van der Waals surface area contributed by atoms with Crippen molar-refractivity contribution < 1.29 is 9.53 Å². The van der Waals surface area contributed by atoms with Gasteiger partial charge in [0.15, 0.2) is 0 Å². The third kappa shape index (κ3) is 3.56. The van der Waals surface area contributed by atoms with Gasteiger partial charge in [-0.2, -0.15) is 5.10 Å². The number of pyridine rings is 1. The van der Waals surface area contributed by atoms with Gasteiger partial charge in [0.05, 0.1) is 12.2 Å². The van der Waals surface area contributed by atoms with E-state index in [1.54, 1.807) is 17.0 Å². The van der Waals surface area contributed by atoms with Crippen LogP contribution in [0.5, 0.6) is 5.88 Å². The van der Waals surface area contributed by atoms with Crippen LogP contribution in [0, 0.1) is 6.92 Å². The number of carbonyl (C=O) groups excluding carboxylic acids is 1. The molecule has 1 aliphatic rings. The summed E-state index contributed by atoms with van der Waals surface area (Å²) < 4.78 is 5.80. The quantitative estimate of drug-likeness (QED) is 0.918. The van der Waals surface area contributed by atoms with Crippen LogP contribution in [-0.4, -0.2) is 45.2 Å². The molecule has 0 spiro atoms. The zero-order chi connectivity index (χ0) is 16.2. The van der Waals surface area contributed by atoms with E-state index in [1.165, 1.54) is 12.3 Å². The van der Waals surface area contributed by atoms with Crippen molar-refractivity contribution in [2.75, 3.05) is 13.1 Å². The summed E-state index contributed by atoms with van der Waals surface area (Å²) in [5.41, 5.74) is 0.606. The van der Waals surface area contributed by atoms with E-state index in [0.29, 0.717) is 19.0 Å². The average Bonchev–Trinajstić information content (AvgIpc) is 2.57. The van der Waals surface area contributed by atoms with Gasteiger partial charge in [0.1, 0.15) is 11.7 Å². The minimum Gasteiger partial charge on any atom is -0.471 e. The highest BCUT2D eigenvalue weighted by molar-refractivity contribution is 5.93. The lowest BCUT2D eigenvalue weighted by molar-refractivity contribution is 0.0524. The predicted molar refractivity (Wildman–Crippen MR) is 83.4 cm³/mol. The number of rotatable bonds is 3. The molecule has 3 heterocycles. The summed E-state index contributed by atoms with van der Waals surface area (Å²) in [6.45, 7) is 2.91. The number of carbonyl (C=O) groups is 1. The maximum atomic E-state index is 12.5. The predicted octanol–water partition coefficient (Wildman–Crippen LogP) is 1.16. The Balaban J connectivity index is 1.68. The van der Waals surface area contributed by atoms with Gasteiger partial charge in [-0.25, -0.2) is 0 Å². The summed E-state index contributed by atoms with van der Waals surface area (Å²) in [6.07, 6.45) is 3.02. The summed E-state index contributed by atoms with van der Waals surface area (Å²) in [7, 11) is 0. The van der Waals surface area contributed by atoms with Crippen molar-refractivity contribution >= 4 is 5.91 Å². The molecule has 2 aromatic heterocycles. The monoisotopic (exact) mass is 314 g/mol. The third-order valence-corrected chi connectivity index (χ3v) is 3.77. The van der Waals surface area contributed by atoms with Crippen LogP contribution >= 0.6 is 0 Å². The second kappa shape index (κ2) is 6.60. The first-order chi connectivity index (χ1) is 11.1. The Hall–Kier alpha value is -2.70. The standard InChI is InChI=1S/C16H18N4O3/c1-11-6-7-14(19-18-11)23-12-4-3-9-20(10-12)16(22)13-5-2-8-17-15(13)21/h2,5-8,12H,3-4,9-10H2,1H3,(H,17,21)/t12-/m1/s1. The Bertz CT molecular complexity index is 741. The molecule has 2 aromatic rings. The number of amides is 1. The molecular weight excluding hydrogens is 296 g/mol. The topological polar surface area (TPSA) is 88.2 Å². The molecule has 1 atom stereocenters. The molecule has 0 bridgehead atoms. The van der Waals surface area contributed by atoms with Crippen LogP contribution in [0.3, 0.4) is 0 Å². The number of piperidine rings is 1. The number of nitrogens with zero attached hydrogens (tertiary/aromatic N) is 3. The van der Waals surface area contributed by atoms with Gasteiger partial charge in [-0.1, -0.05) is 0 Å². The van der Waals surface area contributed by atoms with Crippen molar-refractivity contribution in [1.29, 1.82) is 0 Å². The van der Waals surface area contributed by atoms with Crippen molar-refractivity contribution in [3.63, 3.8) is 0 Å². The van der Waals surface area contributed by atoms with E-state index < -0.39 is 0 Å². The van der Waals surface area contributed by atoms with Gasteiger partial charge in [-0.3, -0.25) is 9.59 Å². The highest BCUT2D eigenvalue weighted by atomic mass is 16.5. The van der Waals surface area contributed by atoms with Gasteiger partial charge in [0, 0.05) is 18.8 Å². The Morgan fingerprint density at radius 3 is 2.96 bits per heavy atom. The summed E-state index contributed by atoms with van der Waals surface area (Å²) in [5.74, 6) is 0.183. The molecule has 0 radical (unpaired) electrons. The lowest BCUT2D eigenvalue weighted by Gasteiger charge is -2.32.